The van der Waals surface area contributed by atoms with Crippen molar-refractivity contribution in [3.8, 4) is 12.1 Å². The van der Waals surface area contributed by atoms with Gasteiger partial charge in [0, 0.05) is 0 Å². The van der Waals surface area contributed by atoms with Gasteiger partial charge in [-0.3, -0.25) is 0 Å². The molecule has 1 aromatic rings. The van der Waals surface area contributed by atoms with Gasteiger partial charge in [0.2, 0.25) is 0 Å². The molecule has 0 atom stereocenters. The highest BCUT2D eigenvalue weighted by molar-refractivity contribution is 5.33. The summed E-state index contributed by atoms with van der Waals surface area (Å²) in [6.07, 6.45) is 3.34. The minimum Gasteiger partial charge on any atom is -1.00 e. The van der Waals surface area contributed by atoms with E-state index in [1.165, 1.54) is 0 Å². The number of pyridine rings is 1. The van der Waals surface area contributed by atoms with E-state index in [-0.39, 0.29) is 24.0 Å². The molecule has 0 radical (unpaired) electrons. The van der Waals surface area contributed by atoms with Crippen LogP contribution < -0.4 is 28.5 Å². The van der Waals surface area contributed by atoms with E-state index >= 15 is 0 Å². The summed E-state index contributed by atoms with van der Waals surface area (Å²) < 4.78 is 1.69. The lowest BCUT2D eigenvalue weighted by molar-refractivity contribution is -0.671. The normalized spacial score (nSPS) is 7.58. The van der Waals surface area contributed by atoms with Crippen molar-refractivity contribution in [3.63, 3.8) is 0 Å². The second-order valence-electron chi connectivity index (χ2n) is 2.20. The van der Waals surface area contributed by atoms with Crippen LogP contribution in [0.15, 0.2) is 18.5 Å². The molecule has 0 saturated carbocycles. The Labute approximate surface area is 87.9 Å². The first kappa shape index (κ1) is 10.9. The zero-order valence-electron chi connectivity index (χ0n) is 6.45. The molecule has 0 N–H and O–H groups in total. The molecule has 1 heterocycles. The predicted molar refractivity (Wildman–Crippen MR) is 37.0 cm³/mol. The fourth-order valence-corrected chi connectivity index (χ4v) is 0.840. The molecule has 0 aliphatic heterocycles. The Bertz CT molecular complexity index is 327. The molecule has 0 fully saturated rings. The van der Waals surface area contributed by atoms with E-state index in [4.69, 9.17) is 10.5 Å². The Morgan fingerprint density at radius 2 is 1.58 bits per heavy atom. The number of halogens is 1. The fourth-order valence-electron chi connectivity index (χ4n) is 0.840. The summed E-state index contributed by atoms with van der Waals surface area (Å²) in [7, 11) is 1.78. The van der Waals surface area contributed by atoms with Gasteiger partial charge in [0.25, 0.3) is 0 Å². The summed E-state index contributed by atoms with van der Waals surface area (Å²) >= 11 is 0. The third kappa shape index (κ3) is 2.48. The third-order valence-electron chi connectivity index (χ3n) is 1.25. The van der Waals surface area contributed by atoms with Gasteiger partial charge in [-0.25, -0.2) is 4.57 Å². The number of nitrogens with zero attached hydrogens (tertiary/aromatic N) is 3. The topological polar surface area (TPSA) is 51.5 Å². The van der Waals surface area contributed by atoms with Gasteiger partial charge in [-0.15, -0.1) is 0 Å². The zero-order valence-corrected chi connectivity index (χ0v) is 8.61. The summed E-state index contributed by atoms with van der Waals surface area (Å²) in [5.41, 5.74) is 1.01. The highest BCUT2D eigenvalue weighted by atomic mass is 127. The van der Waals surface area contributed by atoms with Gasteiger partial charge in [-0.2, -0.15) is 10.5 Å². The molecule has 0 bridgehead atoms. The lowest BCUT2D eigenvalue weighted by Crippen LogP contribution is -3.00. The van der Waals surface area contributed by atoms with Crippen molar-refractivity contribution >= 4 is 0 Å². The van der Waals surface area contributed by atoms with Crippen LogP contribution in [0, 0.1) is 22.7 Å². The van der Waals surface area contributed by atoms with Crippen molar-refractivity contribution < 1.29 is 28.5 Å². The van der Waals surface area contributed by atoms with Gasteiger partial charge in [0.15, 0.2) is 12.4 Å². The number of hydrogen-bond acceptors (Lipinski definition) is 2. The Hall–Kier alpha value is -1.14. The monoisotopic (exact) mass is 271 g/mol. The SMILES string of the molecule is C[n+]1cc(C#N)cc(C#N)c1.[I-]. The van der Waals surface area contributed by atoms with Gasteiger partial charge < -0.3 is 24.0 Å². The van der Waals surface area contributed by atoms with Crippen molar-refractivity contribution in [1.82, 2.24) is 0 Å². The Morgan fingerprint density at radius 1 is 1.17 bits per heavy atom. The summed E-state index contributed by atoms with van der Waals surface area (Å²) in [6.45, 7) is 0. The molecule has 0 amide bonds. The average Bonchev–Trinajstić information content (AvgIpc) is 2.03. The van der Waals surface area contributed by atoms with Crippen molar-refractivity contribution in [3.05, 3.63) is 29.6 Å². The van der Waals surface area contributed by atoms with E-state index in [1.807, 2.05) is 12.1 Å². The molecule has 0 aliphatic rings. The third-order valence-corrected chi connectivity index (χ3v) is 1.25. The lowest BCUT2D eigenvalue weighted by Gasteiger charge is -1.88. The van der Waals surface area contributed by atoms with Crippen LogP contribution in [0.3, 0.4) is 0 Å². The van der Waals surface area contributed by atoms with Crippen LogP contribution in [0.1, 0.15) is 11.1 Å². The van der Waals surface area contributed by atoms with Crippen molar-refractivity contribution in [2.75, 3.05) is 0 Å². The number of nitriles is 2. The van der Waals surface area contributed by atoms with Crippen LogP contribution in [-0.2, 0) is 7.05 Å². The maximum atomic E-state index is 8.51. The average molecular weight is 271 g/mol. The number of hydrogen-bond donors (Lipinski definition) is 0. The maximum Gasteiger partial charge on any atom is 0.186 e. The first-order chi connectivity index (χ1) is 5.26. The van der Waals surface area contributed by atoms with Crippen molar-refractivity contribution in [2.24, 2.45) is 7.05 Å². The molecule has 0 saturated heterocycles. The first-order valence-electron chi connectivity index (χ1n) is 3.07. The van der Waals surface area contributed by atoms with Gasteiger partial charge in [-0.1, -0.05) is 0 Å². The zero-order chi connectivity index (χ0) is 8.27. The van der Waals surface area contributed by atoms with E-state index in [0.717, 1.165) is 0 Å². The smallest absolute Gasteiger partial charge is 0.186 e. The first-order valence-corrected chi connectivity index (χ1v) is 3.07. The minimum atomic E-state index is 0. The van der Waals surface area contributed by atoms with E-state index in [1.54, 1.807) is 30.1 Å². The van der Waals surface area contributed by atoms with E-state index in [0.29, 0.717) is 11.1 Å². The van der Waals surface area contributed by atoms with Gasteiger partial charge >= 0.3 is 0 Å². The number of aromatic nitrogens is 1. The lowest BCUT2D eigenvalue weighted by atomic mass is 10.2. The molecule has 0 aliphatic carbocycles. The molecule has 0 aromatic carbocycles. The quantitative estimate of drug-likeness (QED) is 0.380. The number of rotatable bonds is 0. The van der Waals surface area contributed by atoms with Crippen LogP contribution in [0.5, 0.6) is 0 Å². The fraction of sp³-hybridized carbons (Fsp3) is 0.125. The highest BCUT2D eigenvalue weighted by Crippen LogP contribution is 1.96. The summed E-state index contributed by atoms with van der Waals surface area (Å²) in [5.74, 6) is 0. The van der Waals surface area contributed by atoms with E-state index in [2.05, 4.69) is 0 Å². The minimum absolute atomic E-state index is 0. The molecular weight excluding hydrogens is 265 g/mol. The van der Waals surface area contributed by atoms with Gasteiger partial charge in [0.1, 0.15) is 30.3 Å². The van der Waals surface area contributed by atoms with Crippen LogP contribution in [0.25, 0.3) is 0 Å². The second kappa shape index (κ2) is 4.68. The molecule has 60 valence electrons. The summed E-state index contributed by atoms with van der Waals surface area (Å²) in [4.78, 5) is 0. The maximum absolute atomic E-state index is 8.51. The summed E-state index contributed by atoms with van der Waals surface area (Å²) in [5, 5.41) is 17.0. The predicted octanol–water partition coefficient (Wildman–Crippen LogP) is -2.74. The van der Waals surface area contributed by atoms with Crippen LogP contribution in [0.4, 0.5) is 0 Å². The van der Waals surface area contributed by atoms with Crippen molar-refractivity contribution in [1.29, 1.82) is 10.5 Å². The molecule has 12 heavy (non-hydrogen) atoms. The van der Waals surface area contributed by atoms with Gasteiger partial charge in [-0.05, 0) is 6.07 Å². The second-order valence-corrected chi connectivity index (χ2v) is 2.20. The van der Waals surface area contributed by atoms with Crippen LogP contribution in [-0.4, -0.2) is 0 Å². The van der Waals surface area contributed by atoms with Crippen molar-refractivity contribution in [2.45, 2.75) is 0 Å². The highest BCUT2D eigenvalue weighted by Gasteiger charge is 2.01. The standard InChI is InChI=1S/C8H6N3.HI/c1-11-5-7(3-9)2-8(4-10)6-11;/h2,5-6H,1H3;1H/q+1;/p-1. The van der Waals surface area contributed by atoms with Gasteiger partial charge in [0.05, 0.1) is 0 Å². The molecule has 4 heteroatoms. The van der Waals surface area contributed by atoms with E-state index in [9.17, 15) is 0 Å². The van der Waals surface area contributed by atoms with Crippen LogP contribution >= 0.6 is 0 Å². The largest absolute Gasteiger partial charge is 1.00 e. The Kier molecular flexibility index (Phi) is 4.24. The molecule has 1 rings (SSSR count). The molecule has 0 spiro atoms. The Morgan fingerprint density at radius 3 is 1.92 bits per heavy atom. The molecule has 0 unspecified atom stereocenters. The Balaban J connectivity index is 0.00000121. The molecule has 3 nitrogen and oxygen atoms in total. The summed E-state index contributed by atoms with van der Waals surface area (Å²) in [6, 6.07) is 5.50. The van der Waals surface area contributed by atoms with Crippen LogP contribution in [0.2, 0.25) is 0 Å². The van der Waals surface area contributed by atoms with E-state index < -0.39 is 0 Å². The molecular formula is C8H6IN3. The number of aryl methyl sites for hydroxylation is 1. The molecule has 1 aromatic heterocycles.